The Kier molecular flexibility index (Phi) is 2.50. The van der Waals surface area contributed by atoms with Crippen molar-refractivity contribution in [1.82, 2.24) is 0 Å². The molecule has 2 unspecified atom stereocenters. The van der Waals surface area contributed by atoms with E-state index in [0.29, 0.717) is 0 Å². The molecule has 1 N–H and O–H groups in total. The number of benzene rings is 1. The topological polar surface area (TPSA) is 41.8 Å². The third-order valence-corrected chi connectivity index (χ3v) is 2.52. The van der Waals surface area contributed by atoms with Crippen molar-refractivity contribution in [1.29, 1.82) is 0 Å². The lowest BCUT2D eigenvalue weighted by Gasteiger charge is -2.10. The summed E-state index contributed by atoms with van der Waals surface area (Å²) >= 11 is 0. The molecule has 0 fully saturated rings. The SMILES string of the molecule is CC1C(c2ccccc2)=NOC1CO. The van der Waals surface area contributed by atoms with E-state index in [4.69, 9.17) is 9.94 Å². The van der Waals surface area contributed by atoms with Gasteiger partial charge in [-0.25, -0.2) is 0 Å². The van der Waals surface area contributed by atoms with Gasteiger partial charge in [0.05, 0.1) is 12.3 Å². The van der Waals surface area contributed by atoms with Gasteiger partial charge in [0.2, 0.25) is 0 Å². The molecule has 1 aromatic carbocycles. The second kappa shape index (κ2) is 3.80. The lowest BCUT2D eigenvalue weighted by molar-refractivity contribution is 0.0211. The number of nitrogens with zero attached hydrogens (tertiary/aromatic N) is 1. The Hall–Kier alpha value is -1.35. The van der Waals surface area contributed by atoms with E-state index in [0.717, 1.165) is 11.3 Å². The summed E-state index contributed by atoms with van der Waals surface area (Å²) in [5.74, 6) is 0.155. The highest BCUT2D eigenvalue weighted by Crippen LogP contribution is 2.22. The van der Waals surface area contributed by atoms with Crippen LogP contribution in [0.2, 0.25) is 0 Å². The van der Waals surface area contributed by atoms with E-state index in [9.17, 15) is 0 Å². The molecule has 0 saturated heterocycles. The van der Waals surface area contributed by atoms with Gasteiger partial charge in [0.1, 0.15) is 0 Å². The minimum atomic E-state index is -0.190. The molecule has 14 heavy (non-hydrogen) atoms. The van der Waals surface area contributed by atoms with Crippen molar-refractivity contribution in [2.75, 3.05) is 6.61 Å². The van der Waals surface area contributed by atoms with Crippen LogP contribution in [0.15, 0.2) is 35.5 Å². The monoisotopic (exact) mass is 191 g/mol. The molecule has 0 amide bonds. The first-order valence-corrected chi connectivity index (χ1v) is 4.73. The number of rotatable bonds is 2. The molecule has 1 heterocycles. The van der Waals surface area contributed by atoms with Gasteiger partial charge in [0.15, 0.2) is 6.10 Å². The highest BCUT2D eigenvalue weighted by Gasteiger charge is 2.30. The van der Waals surface area contributed by atoms with Gasteiger partial charge in [-0.2, -0.15) is 0 Å². The van der Waals surface area contributed by atoms with Crippen molar-refractivity contribution in [3.8, 4) is 0 Å². The molecule has 0 spiro atoms. The van der Waals surface area contributed by atoms with Crippen molar-refractivity contribution >= 4 is 5.71 Å². The minimum Gasteiger partial charge on any atom is -0.392 e. The summed E-state index contributed by atoms with van der Waals surface area (Å²) in [6.45, 7) is 2.03. The molecule has 1 aromatic rings. The Labute approximate surface area is 83.0 Å². The van der Waals surface area contributed by atoms with Gasteiger partial charge >= 0.3 is 0 Å². The van der Waals surface area contributed by atoms with Crippen LogP contribution >= 0.6 is 0 Å². The predicted octanol–water partition coefficient (Wildman–Crippen LogP) is 1.42. The fraction of sp³-hybridized carbons (Fsp3) is 0.364. The van der Waals surface area contributed by atoms with Gasteiger partial charge in [-0.05, 0) is 5.56 Å². The van der Waals surface area contributed by atoms with Crippen LogP contribution in [0.5, 0.6) is 0 Å². The standard InChI is InChI=1S/C11H13NO2/c1-8-10(7-13)14-12-11(8)9-5-3-2-4-6-9/h2-6,8,10,13H,7H2,1H3. The third kappa shape index (κ3) is 1.51. The van der Waals surface area contributed by atoms with Crippen molar-refractivity contribution in [2.24, 2.45) is 11.1 Å². The Bertz CT molecular complexity index is 334. The van der Waals surface area contributed by atoms with Gasteiger partial charge < -0.3 is 9.94 Å². The van der Waals surface area contributed by atoms with Crippen LogP contribution < -0.4 is 0 Å². The second-order valence-electron chi connectivity index (χ2n) is 3.46. The summed E-state index contributed by atoms with van der Waals surface area (Å²) < 4.78 is 0. The molecule has 3 nitrogen and oxygen atoms in total. The fourth-order valence-electron chi connectivity index (χ4n) is 1.59. The zero-order valence-electron chi connectivity index (χ0n) is 8.05. The van der Waals surface area contributed by atoms with Crippen molar-refractivity contribution < 1.29 is 9.94 Å². The zero-order chi connectivity index (χ0) is 9.97. The molecular formula is C11H13NO2. The number of hydrogen-bond donors (Lipinski definition) is 1. The molecule has 2 atom stereocenters. The highest BCUT2D eigenvalue weighted by molar-refractivity contribution is 6.02. The van der Waals surface area contributed by atoms with Crippen LogP contribution in [0.3, 0.4) is 0 Å². The predicted molar refractivity (Wildman–Crippen MR) is 54.1 cm³/mol. The average Bonchev–Trinajstić information content (AvgIpc) is 2.61. The van der Waals surface area contributed by atoms with Crippen LogP contribution in [0.25, 0.3) is 0 Å². The van der Waals surface area contributed by atoms with Crippen LogP contribution in [0, 0.1) is 5.92 Å². The van der Waals surface area contributed by atoms with E-state index in [1.54, 1.807) is 0 Å². The number of oxime groups is 1. The first-order valence-electron chi connectivity index (χ1n) is 4.73. The van der Waals surface area contributed by atoms with E-state index >= 15 is 0 Å². The lowest BCUT2D eigenvalue weighted by atomic mass is 9.95. The van der Waals surface area contributed by atoms with Gasteiger partial charge in [0.25, 0.3) is 0 Å². The van der Waals surface area contributed by atoms with Gasteiger partial charge in [-0.1, -0.05) is 42.4 Å². The molecule has 0 bridgehead atoms. The molecule has 74 valence electrons. The van der Waals surface area contributed by atoms with Crippen LogP contribution in [-0.4, -0.2) is 23.5 Å². The largest absolute Gasteiger partial charge is 0.392 e. The Morgan fingerprint density at radius 1 is 1.36 bits per heavy atom. The Morgan fingerprint density at radius 2 is 2.07 bits per heavy atom. The van der Waals surface area contributed by atoms with E-state index in [1.807, 2.05) is 37.3 Å². The Balaban J connectivity index is 2.22. The normalized spacial score (nSPS) is 25.7. The maximum absolute atomic E-state index is 9.00. The number of aliphatic hydroxyl groups excluding tert-OH is 1. The van der Waals surface area contributed by atoms with Crippen LogP contribution in [0.4, 0.5) is 0 Å². The number of aliphatic hydroxyl groups is 1. The molecule has 0 aliphatic carbocycles. The summed E-state index contributed by atoms with van der Waals surface area (Å²) in [5.41, 5.74) is 1.99. The minimum absolute atomic E-state index is 0.0149. The summed E-state index contributed by atoms with van der Waals surface area (Å²) in [7, 11) is 0. The zero-order valence-corrected chi connectivity index (χ0v) is 8.05. The quantitative estimate of drug-likeness (QED) is 0.768. The van der Waals surface area contributed by atoms with E-state index in [2.05, 4.69) is 5.16 Å². The molecule has 0 radical (unpaired) electrons. The molecule has 0 saturated carbocycles. The van der Waals surface area contributed by atoms with Crippen molar-refractivity contribution in [3.05, 3.63) is 35.9 Å². The van der Waals surface area contributed by atoms with Crippen molar-refractivity contribution in [3.63, 3.8) is 0 Å². The molecule has 1 aliphatic heterocycles. The number of hydrogen-bond acceptors (Lipinski definition) is 3. The maximum atomic E-state index is 9.00. The molecule has 3 heteroatoms. The summed E-state index contributed by atoms with van der Waals surface area (Å²) in [6, 6.07) is 9.90. The summed E-state index contributed by atoms with van der Waals surface area (Å²) in [4.78, 5) is 5.12. The first kappa shape index (κ1) is 9.21. The summed E-state index contributed by atoms with van der Waals surface area (Å²) in [6.07, 6.45) is -0.190. The van der Waals surface area contributed by atoms with Gasteiger partial charge in [-0.15, -0.1) is 0 Å². The third-order valence-electron chi connectivity index (χ3n) is 2.52. The molecule has 0 aromatic heterocycles. The first-order chi connectivity index (χ1) is 6.83. The average molecular weight is 191 g/mol. The van der Waals surface area contributed by atoms with Crippen LogP contribution in [0.1, 0.15) is 12.5 Å². The molecule has 2 rings (SSSR count). The van der Waals surface area contributed by atoms with E-state index < -0.39 is 0 Å². The molecular weight excluding hydrogens is 178 g/mol. The molecule has 1 aliphatic rings. The Morgan fingerprint density at radius 3 is 2.64 bits per heavy atom. The van der Waals surface area contributed by atoms with E-state index in [-0.39, 0.29) is 18.6 Å². The van der Waals surface area contributed by atoms with Crippen molar-refractivity contribution in [2.45, 2.75) is 13.0 Å². The maximum Gasteiger partial charge on any atom is 0.158 e. The smallest absolute Gasteiger partial charge is 0.158 e. The highest BCUT2D eigenvalue weighted by atomic mass is 16.6. The second-order valence-corrected chi connectivity index (χ2v) is 3.46. The van der Waals surface area contributed by atoms with Gasteiger partial charge in [0, 0.05) is 5.92 Å². The van der Waals surface area contributed by atoms with E-state index in [1.165, 1.54) is 0 Å². The lowest BCUT2D eigenvalue weighted by Crippen LogP contribution is -2.24. The fourth-order valence-corrected chi connectivity index (χ4v) is 1.59. The van der Waals surface area contributed by atoms with Crippen LogP contribution in [-0.2, 0) is 4.84 Å². The van der Waals surface area contributed by atoms with Gasteiger partial charge in [-0.3, -0.25) is 0 Å². The summed E-state index contributed by atoms with van der Waals surface area (Å²) in [5, 5.41) is 13.0.